The number of hydrogen-bond acceptors (Lipinski definition) is 5. The summed E-state index contributed by atoms with van der Waals surface area (Å²) in [6, 6.07) is 52.9. The van der Waals surface area contributed by atoms with Crippen molar-refractivity contribution in [3.05, 3.63) is 173 Å². The summed E-state index contributed by atoms with van der Waals surface area (Å²) in [5.74, 6) is 3.12. The number of hydrogen-bond donors (Lipinski definition) is 0. The van der Waals surface area contributed by atoms with Crippen LogP contribution in [0.3, 0.4) is 0 Å². The minimum Gasteiger partial charge on any atom is -0.492 e. The summed E-state index contributed by atoms with van der Waals surface area (Å²) in [6.07, 6.45) is 1.04. The molecule has 2 aliphatic rings. The van der Waals surface area contributed by atoms with Gasteiger partial charge >= 0.3 is 0 Å². The fraction of sp³-hybridized carbons (Fsp3) is 0.268. The van der Waals surface area contributed by atoms with Gasteiger partial charge in [0.25, 0.3) is 0 Å². The van der Waals surface area contributed by atoms with Crippen molar-refractivity contribution in [3.8, 4) is 5.75 Å². The molecule has 2 saturated heterocycles. The number of benzene rings is 5. The normalized spacial score (nSPS) is 19.2. The molecule has 0 amide bonds. The zero-order valence-corrected chi connectivity index (χ0v) is 27.9. The van der Waals surface area contributed by atoms with Gasteiger partial charge in [0, 0.05) is 48.3 Å². The van der Waals surface area contributed by atoms with Gasteiger partial charge in [0.1, 0.15) is 12.4 Å². The molecule has 5 aromatic carbocycles. The van der Waals surface area contributed by atoms with E-state index in [9.17, 15) is 0 Å². The van der Waals surface area contributed by atoms with Crippen LogP contribution in [0.2, 0.25) is 0 Å². The molecule has 0 N–H and O–H groups in total. The highest BCUT2D eigenvalue weighted by atomic mass is 32.2. The van der Waals surface area contributed by atoms with Crippen LogP contribution in [0.4, 0.5) is 0 Å². The minimum absolute atomic E-state index is 0.350. The Labute approximate surface area is 283 Å². The zero-order chi connectivity index (χ0) is 31.0. The number of nitrogens with zero attached hydrogens (tertiary/aromatic N) is 2. The standard InChI is InChI=1S/C41H42N2OS2/c1-5-13-34(14-6-1)40-31-42(26-28-45-40)25-27-44-38-23-21-33(22-24-38)29-39-30-43(32-46-39)41(35-15-7-2-8-16-35,36-17-9-3-10-18-36)37-19-11-4-12-20-37/h1-24,39-40H,25-32H2. The Hall–Kier alpha value is -3.48. The quantitative estimate of drug-likeness (QED) is 0.134. The first-order chi connectivity index (χ1) is 22.8. The molecule has 2 atom stereocenters. The molecule has 0 aromatic heterocycles. The molecular formula is C41H42N2OS2. The topological polar surface area (TPSA) is 15.7 Å². The third-order valence-corrected chi connectivity index (χ3v) is 11.8. The van der Waals surface area contributed by atoms with E-state index in [2.05, 4.69) is 179 Å². The number of rotatable bonds is 11. The molecule has 0 aliphatic carbocycles. The molecule has 0 bridgehead atoms. The van der Waals surface area contributed by atoms with E-state index in [0.29, 0.717) is 10.5 Å². The maximum Gasteiger partial charge on any atom is 0.119 e. The van der Waals surface area contributed by atoms with Gasteiger partial charge in [0.2, 0.25) is 0 Å². The summed E-state index contributed by atoms with van der Waals surface area (Å²) in [7, 11) is 0. The fourth-order valence-electron chi connectivity index (χ4n) is 7.04. The van der Waals surface area contributed by atoms with Crippen LogP contribution in [0, 0.1) is 0 Å². The molecule has 2 unspecified atom stereocenters. The minimum atomic E-state index is -0.350. The average molecular weight is 643 g/mol. The lowest BCUT2D eigenvalue weighted by atomic mass is 9.75. The van der Waals surface area contributed by atoms with Crippen LogP contribution in [-0.4, -0.2) is 59.5 Å². The van der Waals surface area contributed by atoms with Gasteiger partial charge < -0.3 is 4.74 Å². The maximum absolute atomic E-state index is 6.22. The van der Waals surface area contributed by atoms with E-state index in [1.807, 2.05) is 0 Å². The Balaban J connectivity index is 0.996. The molecule has 0 radical (unpaired) electrons. The summed E-state index contributed by atoms with van der Waals surface area (Å²) >= 11 is 4.15. The van der Waals surface area contributed by atoms with Crippen molar-refractivity contribution in [2.24, 2.45) is 0 Å². The third kappa shape index (κ3) is 6.94. The van der Waals surface area contributed by atoms with Gasteiger partial charge in [-0.2, -0.15) is 11.8 Å². The first kappa shape index (κ1) is 31.1. The first-order valence-corrected chi connectivity index (χ1v) is 18.5. The Morgan fingerprint density at radius 2 is 1.20 bits per heavy atom. The van der Waals surface area contributed by atoms with E-state index in [4.69, 9.17) is 4.74 Å². The van der Waals surface area contributed by atoms with E-state index in [1.165, 1.54) is 33.6 Å². The highest BCUT2D eigenvalue weighted by molar-refractivity contribution is 8.00. The van der Waals surface area contributed by atoms with E-state index >= 15 is 0 Å². The van der Waals surface area contributed by atoms with Gasteiger partial charge in [0.15, 0.2) is 0 Å². The zero-order valence-electron chi connectivity index (χ0n) is 26.3. The summed E-state index contributed by atoms with van der Waals surface area (Å²) in [5, 5.41) is 1.06. The smallest absolute Gasteiger partial charge is 0.119 e. The molecule has 3 nitrogen and oxygen atoms in total. The van der Waals surface area contributed by atoms with Gasteiger partial charge in [-0.3, -0.25) is 9.80 Å². The predicted octanol–water partition coefficient (Wildman–Crippen LogP) is 8.77. The first-order valence-electron chi connectivity index (χ1n) is 16.4. The molecule has 46 heavy (non-hydrogen) atoms. The number of ether oxygens (including phenoxy) is 1. The highest BCUT2D eigenvalue weighted by Crippen LogP contribution is 2.46. The molecule has 2 fully saturated rings. The van der Waals surface area contributed by atoms with Crippen LogP contribution >= 0.6 is 23.5 Å². The van der Waals surface area contributed by atoms with E-state index < -0.39 is 0 Å². The van der Waals surface area contributed by atoms with E-state index in [-0.39, 0.29) is 5.54 Å². The number of thioether (sulfide) groups is 2. The Kier molecular flexibility index (Phi) is 10.1. The van der Waals surface area contributed by atoms with Crippen molar-refractivity contribution < 1.29 is 4.74 Å². The fourth-order valence-corrected chi connectivity index (χ4v) is 9.64. The van der Waals surface area contributed by atoms with Crippen LogP contribution in [0.25, 0.3) is 0 Å². The summed E-state index contributed by atoms with van der Waals surface area (Å²) in [6.45, 7) is 4.92. The van der Waals surface area contributed by atoms with Crippen LogP contribution in [0.1, 0.15) is 33.1 Å². The van der Waals surface area contributed by atoms with Gasteiger partial charge in [-0.1, -0.05) is 133 Å². The lowest BCUT2D eigenvalue weighted by Gasteiger charge is -2.43. The Morgan fingerprint density at radius 3 is 1.78 bits per heavy atom. The molecule has 0 spiro atoms. The van der Waals surface area contributed by atoms with Crippen molar-refractivity contribution in [1.82, 2.24) is 9.80 Å². The Morgan fingerprint density at radius 1 is 0.630 bits per heavy atom. The second kappa shape index (κ2) is 15.0. The monoisotopic (exact) mass is 642 g/mol. The van der Waals surface area contributed by atoms with Crippen LogP contribution in [0.15, 0.2) is 146 Å². The average Bonchev–Trinajstić information content (AvgIpc) is 3.60. The van der Waals surface area contributed by atoms with E-state index in [0.717, 1.165) is 50.8 Å². The molecule has 5 heteroatoms. The van der Waals surface area contributed by atoms with Crippen LogP contribution in [-0.2, 0) is 12.0 Å². The second-order valence-electron chi connectivity index (χ2n) is 12.2. The van der Waals surface area contributed by atoms with Crippen LogP contribution in [0.5, 0.6) is 5.75 Å². The van der Waals surface area contributed by atoms with Gasteiger partial charge in [-0.05, 0) is 46.4 Å². The van der Waals surface area contributed by atoms with Gasteiger partial charge in [-0.25, -0.2) is 0 Å². The summed E-state index contributed by atoms with van der Waals surface area (Å²) in [4.78, 5) is 5.24. The summed E-state index contributed by atoms with van der Waals surface area (Å²) < 4.78 is 6.22. The van der Waals surface area contributed by atoms with Crippen molar-refractivity contribution in [3.63, 3.8) is 0 Å². The second-order valence-corrected chi connectivity index (χ2v) is 14.8. The largest absolute Gasteiger partial charge is 0.492 e. The SMILES string of the molecule is c1ccc(C2CN(CCOc3ccc(CC4CN(C(c5ccccc5)(c5ccccc5)c5ccccc5)CS4)cc3)CCS2)cc1. The summed E-state index contributed by atoms with van der Waals surface area (Å²) in [5.41, 5.74) is 6.40. The van der Waals surface area contributed by atoms with Gasteiger partial charge in [0.05, 0.1) is 5.54 Å². The molecular weight excluding hydrogens is 601 g/mol. The maximum atomic E-state index is 6.22. The molecule has 2 heterocycles. The predicted molar refractivity (Wildman–Crippen MR) is 196 cm³/mol. The van der Waals surface area contributed by atoms with Crippen LogP contribution < -0.4 is 4.74 Å². The van der Waals surface area contributed by atoms with Gasteiger partial charge in [-0.15, -0.1) is 11.8 Å². The molecule has 5 aromatic rings. The van der Waals surface area contributed by atoms with Crippen molar-refractivity contribution in [2.45, 2.75) is 22.5 Å². The highest BCUT2D eigenvalue weighted by Gasteiger charge is 2.45. The van der Waals surface area contributed by atoms with E-state index in [1.54, 1.807) is 0 Å². The molecule has 2 aliphatic heterocycles. The van der Waals surface area contributed by atoms with Crippen molar-refractivity contribution in [2.75, 3.05) is 44.4 Å². The van der Waals surface area contributed by atoms with Crippen molar-refractivity contribution in [1.29, 1.82) is 0 Å². The Bertz CT molecular complexity index is 1540. The molecule has 234 valence electrons. The lowest BCUT2D eigenvalue weighted by Crippen LogP contribution is -2.47. The lowest BCUT2D eigenvalue weighted by molar-refractivity contribution is 0.202. The molecule has 7 rings (SSSR count). The third-order valence-electron chi connectivity index (χ3n) is 9.32. The van der Waals surface area contributed by atoms with Crippen molar-refractivity contribution >= 4 is 23.5 Å². The molecule has 0 saturated carbocycles.